The van der Waals surface area contributed by atoms with E-state index in [0.29, 0.717) is 17.1 Å². The van der Waals surface area contributed by atoms with Crippen LogP contribution >= 0.6 is 0 Å². The number of anilines is 2. The molecule has 6 heteroatoms. The van der Waals surface area contributed by atoms with Gasteiger partial charge in [-0.1, -0.05) is 35.5 Å². The van der Waals surface area contributed by atoms with Crippen LogP contribution in [0.25, 0.3) is 0 Å². The molecule has 0 radical (unpaired) electrons. The molecule has 1 aromatic carbocycles. The topological polar surface area (TPSA) is 71.3 Å². The van der Waals surface area contributed by atoms with E-state index in [9.17, 15) is 4.79 Å². The van der Waals surface area contributed by atoms with Crippen molar-refractivity contribution < 1.29 is 9.32 Å². The summed E-state index contributed by atoms with van der Waals surface area (Å²) in [6.07, 6.45) is 3.33. The Labute approximate surface area is 152 Å². The molecule has 1 N–H and O–H groups in total. The highest BCUT2D eigenvalue weighted by molar-refractivity contribution is 6.04. The van der Waals surface area contributed by atoms with Crippen molar-refractivity contribution in [3.05, 3.63) is 71.7 Å². The highest BCUT2D eigenvalue weighted by Crippen LogP contribution is 2.21. The molecular weight excluding hydrogens is 328 g/mol. The average Bonchev–Trinajstić information content (AvgIpc) is 3.05. The van der Waals surface area contributed by atoms with E-state index in [2.05, 4.69) is 46.3 Å². The van der Waals surface area contributed by atoms with E-state index in [1.165, 1.54) is 5.56 Å². The second-order valence-corrected chi connectivity index (χ2v) is 6.42. The van der Waals surface area contributed by atoms with Crippen molar-refractivity contribution in [2.75, 3.05) is 10.2 Å². The van der Waals surface area contributed by atoms with E-state index in [-0.39, 0.29) is 11.9 Å². The molecule has 26 heavy (non-hydrogen) atoms. The van der Waals surface area contributed by atoms with Crippen molar-refractivity contribution in [1.29, 1.82) is 0 Å². The Morgan fingerprint density at radius 1 is 1.19 bits per heavy atom. The van der Waals surface area contributed by atoms with Gasteiger partial charge in [0.2, 0.25) is 0 Å². The summed E-state index contributed by atoms with van der Waals surface area (Å²) < 4.78 is 4.97. The Morgan fingerprint density at radius 2 is 1.96 bits per heavy atom. The fourth-order valence-corrected chi connectivity index (χ4v) is 2.67. The summed E-state index contributed by atoms with van der Waals surface area (Å²) in [7, 11) is 0. The highest BCUT2D eigenvalue weighted by Gasteiger charge is 2.15. The number of nitrogens with one attached hydrogen (secondary N) is 1. The van der Waals surface area contributed by atoms with Crippen LogP contribution < -0.4 is 10.2 Å². The molecule has 3 rings (SSSR count). The molecule has 0 saturated carbocycles. The van der Waals surface area contributed by atoms with Gasteiger partial charge in [-0.3, -0.25) is 9.78 Å². The fourth-order valence-electron chi connectivity index (χ4n) is 2.67. The van der Waals surface area contributed by atoms with Crippen LogP contribution in [0.15, 0.2) is 59.4 Å². The summed E-state index contributed by atoms with van der Waals surface area (Å²) in [6.45, 7) is 6.75. The van der Waals surface area contributed by atoms with Gasteiger partial charge in [-0.25, -0.2) is 0 Å². The van der Waals surface area contributed by atoms with E-state index in [1.54, 1.807) is 25.4 Å². The van der Waals surface area contributed by atoms with Crippen LogP contribution in [-0.4, -0.2) is 22.1 Å². The lowest BCUT2D eigenvalue weighted by molar-refractivity contribution is 0.102. The number of amides is 1. The van der Waals surface area contributed by atoms with Gasteiger partial charge >= 0.3 is 0 Å². The third-order valence-electron chi connectivity index (χ3n) is 4.01. The number of carbonyl (C=O) groups is 1. The molecule has 2 heterocycles. The summed E-state index contributed by atoms with van der Waals surface area (Å²) in [5, 5.41) is 6.51. The van der Waals surface area contributed by atoms with E-state index in [1.807, 2.05) is 24.3 Å². The van der Waals surface area contributed by atoms with Gasteiger partial charge < -0.3 is 14.7 Å². The summed E-state index contributed by atoms with van der Waals surface area (Å²) in [4.78, 5) is 18.9. The van der Waals surface area contributed by atoms with Crippen LogP contribution in [0.2, 0.25) is 0 Å². The molecule has 3 aromatic rings. The number of aryl methyl sites for hydroxylation is 1. The van der Waals surface area contributed by atoms with Crippen LogP contribution in [0.1, 0.15) is 35.5 Å². The number of pyridine rings is 1. The van der Waals surface area contributed by atoms with E-state index in [0.717, 1.165) is 12.2 Å². The molecule has 1 amide bonds. The molecule has 2 aromatic heterocycles. The maximum absolute atomic E-state index is 12.5. The minimum Gasteiger partial charge on any atom is -0.364 e. The third-order valence-corrected chi connectivity index (χ3v) is 4.01. The molecule has 0 fully saturated rings. The number of rotatable bonds is 6. The Kier molecular flexibility index (Phi) is 5.31. The molecule has 0 aliphatic heterocycles. The fraction of sp³-hybridized carbons (Fsp3) is 0.250. The second kappa shape index (κ2) is 7.82. The third kappa shape index (κ3) is 4.27. The number of aromatic nitrogens is 2. The van der Waals surface area contributed by atoms with Crippen LogP contribution in [0.4, 0.5) is 11.5 Å². The van der Waals surface area contributed by atoms with Crippen molar-refractivity contribution in [2.24, 2.45) is 0 Å². The molecule has 0 unspecified atom stereocenters. The van der Waals surface area contributed by atoms with Gasteiger partial charge in [-0.05, 0) is 32.4 Å². The number of hydrogen-bond donors (Lipinski definition) is 1. The van der Waals surface area contributed by atoms with Gasteiger partial charge in [0, 0.05) is 24.8 Å². The lowest BCUT2D eigenvalue weighted by atomic mass is 10.1. The first kappa shape index (κ1) is 17.7. The monoisotopic (exact) mass is 350 g/mol. The lowest BCUT2D eigenvalue weighted by Gasteiger charge is -2.29. The normalized spacial score (nSPS) is 10.8. The molecule has 0 atom stereocenters. The Balaban J connectivity index is 1.80. The van der Waals surface area contributed by atoms with Crippen molar-refractivity contribution in [3.8, 4) is 0 Å². The predicted molar refractivity (Wildman–Crippen MR) is 101 cm³/mol. The summed E-state index contributed by atoms with van der Waals surface area (Å²) in [5.41, 5.74) is 2.57. The van der Waals surface area contributed by atoms with Crippen molar-refractivity contribution in [1.82, 2.24) is 10.1 Å². The molecular formula is C20H22N4O2. The Hall–Kier alpha value is -3.15. The zero-order valence-corrected chi connectivity index (χ0v) is 15.1. The zero-order chi connectivity index (χ0) is 18.5. The first-order chi connectivity index (χ1) is 12.5. The van der Waals surface area contributed by atoms with Gasteiger partial charge in [0.05, 0.1) is 17.4 Å². The first-order valence-corrected chi connectivity index (χ1v) is 8.53. The quantitative estimate of drug-likeness (QED) is 0.726. The largest absolute Gasteiger partial charge is 0.364 e. The number of nitrogens with zero attached hydrogens (tertiary/aromatic N) is 3. The molecule has 0 spiro atoms. The Bertz CT molecular complexity index is 874. The van der Waals surface area contributed by atoms with Crippen LogP contribution in [0.5, 0.6) is 0 Å². The van der Waals surface area contributed by atoms with Gasteiger partial charge in [0.25, 0.3) is 5.91 Å². The highest BCUT2D eigenvalue weighted by atomic mass is 16.5. The molecule has 0 saturated heterocycles. The lowest BCUT2D eigenvalue weighted by Crippen LogP contribution is -2.30. The van der Waals surface area contributed by atoms with Crippen molar-refractivity contribution in [3.63, 3.8) is 0 Å². The maximum Gasteiger partial charge on any atom is 0.258 e. The summed E-state index contributed by atoms with van der Waals surface area (Å²) >= 11 is 0. The van der Waals surface area contributed by atoms with Crippen molar-refractivity contribution in [2.45, 2.75) is 33.4 Å². The van der Waals surface area contributed by atoms with E-state index in [4.69, 9.17) is 4.52 Å². The number of hydrogen-bond acceptors (Lipinski definition) is 5. The summed E-state index contributed by atoms with van der Waals surface area (Å²) in [6, 6.07) is 14.0. The minimum atomic E-state index is -0.268. The first-order valence-electron chi connectivity index (χ1n) is 8.53. The minimum absolute atomic E-state index is 0.258. The maximum atomic E-state index is 12.5. The van der Waals surface area contributed by atoms with E-state index >= 15 is 0 Å². The molecule has 0 bridgehead atoms. The van der Waals surface area contributed by atoms with Crippen LogP contribution in [0.3, 0.4) is 0 Å². The number of benzene rings is 1. The van der Waals surface area contributed by atoms with Crippen LogP contribution in [-0.2, 0) is 6.54 Å². The van der Waals surface area contributed by atoms with Crippen LogP contribution in [0, 0.1) is 6.92 Å². The second-order valence-electron chi connectivity index (χ2n) is 6.42. The zero-order valence-electron chi connectivity index (χ0n) is 15.1. The molecule has 0 aliphatic carbocycles. The SMILES string of the molecule is Cc1cc(NC(=O)c2cncc(N(Cc3ccccc3)C(C)C)c2)no1. The average molecular weight is 350 g/mol. The smallest absolute Gasteiger partial charge is 0.258 e. The molecule has 134 valence electrons. The van der Waals surface area contributed by atoms with Crippen molar-refractivity contribution >= 4 is 17.4 Å². The van der Waals surface area contributed by atoms with E-state index < -0.39 is 0 Å². The van der Waals surface area contributed by atoms with Gasteiger partial charge in [0.1, 0.15) is 5.76 Å². The van der Waals surface area contributed by atoms with Gasteiger partial charge in [-0.15, -0.1) is 0 Å². The summed E-state index contributed by atoms with van der Waals surface area (Å²) in [5.74, 6) is 0.764. The van der Waals surface area contributed by atoms with Gasteiger partial charge in [0.15, 0.2) is 5.82 Å². The van der Waals surface area contributed by atoms with Gasteiger partial charge in [-0.2, -0.15) is 0 Å². The number of carbonyl (C=O) groups excluding carboxylic acids is 1. The standard InChI is InChI=1S/C20H22N4O2/c1-14(2)24(13-16-7-5-4-6-8-16)18-10-17(11-21-12-18)20(25)22-19-9-15(3)26-23-19/h4-12,14H,13H2,1-3H3,(H,22,23,25). The molecule has 6 nitrogen and oxygen atoms in total. The Morgan fingerprint density at radius 3 is 2.62 bits per heavy atom. The predicted octanol–water partition coefficient (Wildman–Crippen LogP) is 4.05. The molecule has 0 aliphatic rings.